The number of nitrogens with zero attached hydrogens (tertiary/aromatic N) is 1. The van der Waals surface area contributed by atoms with Crippen LogP contribution in [0.1, 0.15) is 16.3 Å². The smallest absolute Gasteiger partial charge is 0.165 e. The van der Waals surface area contributed by atoms with E-state index in [9.17, 15) is 4.39 Å². The molecule has 2 aromatic rings. The van der Waals surface area contributed by atoms with Crippen molar-refractivity contribution in [2.75, 3.05) is 6.54 Å². The van der Waals surface area contributed by atoms with Crippen molar-refractivity contribution in [2.24, 2.45) is 5.73 Å². The van der Waals surface area contributed by atoms with E-state index < -0.39 is 0 Å². The summed E-state index contributed by atoms with van der Waals surface area (Å²) in [7, 11) is 0. The second kappa shape index (κ2) is 5.93. The Labute approximate surface area is 109 Å². The van der Waals surface area contributed by atoms with Crippen LogP contribution in [-0.4, -0.2) is 11.5 Å². The van der Waals surface area contributed by atoms with Crippen molar-refractivity contribution >= 4 is 11.3 Å². The highest BCUT2D eigenvalue weighted by Crippen LogP contribution is 2.24. The first-order valence-corrected chi connectivity index (χ1v) is 6.60. The van der Waals surface area contributed by atoms with Crippen LogP contribution in [0, 0.1) is 12.7 Å². The normalized spacial score (nSPS) is 10.6. The van der Waals surface area contributed by atoms with Crippen LogP contribution in [0.4, 0.5) is 4.39 Å². The van der Waals surface area contributed by atoms with Crippen molar-refractivity contribution in [3.63, 3.8) is 0 Å². The first kappa shape index (κ1) is 13.0. The first-order chi connectivity index (χ1) is 8.70. The Bertz CT molecular complexity index is 527. The van der Waals surface area contributed by atoms with Gasteiger partial charge < -0.3 is 10.5 Å². The van der Waals surface area contributed by atoms with E-state index in [4.69, 9.17) is 10.5 Å². The zero-order valence-electron chi connectivity index (χ0n) is 10.1. The molecule has 0 amide bonds. The van der Waals surface area contributed by atoms with Gasteiger partial charge in [0.1, 0.15) is 6.61 Å². The Morgan fingerprint density at radius 1 is 1.44 bits per heavy atom. The average molecular weight is 266 g/mol. The Morgan fingerprint density at radius 2 is 2.28 bits per heavy atom. The highest BCUT2D eigenvalue weighted by molar-refractivity contribution is 7.09. The molecule has 0 fully saturated rings. The van der Waals surface area contributed by atoms with Crippen molar-refractivity contribution in [1.29, 1.82) is 0 Å². The molecule has 0 saturated carbocycles. The van der Waals surface area contributed by atoms with E-state index >= 15 is 0 Å². The van der Waals surface area contributed by atoms with Gasteiger partial charge >= 0.3 is 0 Å². The molecule has 18 heavy (non-hydrogen) atoms. The minimum absolute atomic E-state index is 0.281. The Hall–Kier alpha value is -1.46. The fourth-order valence-corrected chi connectivity index (χ4v) is 2.29. The number of aromatic nitrogens is 1. The second-order valence-corrected chi connectivity index (χ2v) is 4.98. The molecule has 1 heterocycles. The second-order valence-electron chi connectivity index (χ2n) is 3.91. The van der Waals surface area contributed by atoms with E-state index in [1.165, 1.54) is 6.07 Å². The number of hydrogen-bond acceptors (Lipinski definition) is 4. The molecule has 0 bridgehead atoms. The van der Waals surface area contributed by atoms with Crippen molar-refractivity contribution in [3.8, 4) is 5.75 Å². The molecule has 2 N–H and O–H groups in total. The van der Waals surface area contributed by atoms with Crippen LogP contribution in [0.15, 0.2) is 23.6 Å². The van der Waals surface area contributed by atoms with Gasteiger partial charge in [-0.15, -0.1) is 11.3 Å². The largest absolute Gasteiger partial charge is 0.484 e. The van der Waals surface area contributed by atoms with Crippen LogP contribution >= 0.6 is 11.3 Å². The lowest BCUT2D eigenvalue weighted by Gasteiger charge is -2.10. The third-order valence-electron chi connectivity index (χ3n) is 2.49. The Kier molecular flexibility index (Phi) is 4.28. The maximum Gasteiger partial charge on any atom is 0.165 e. The highest BCUT2D eigenvalue weighted by Gasteiger charge is 2.10. The van der Waals surface area contributed by atoms with E-state index in [1.54, 1.807) is 17.4 Å². The SMILES string of the molecule is Cc1nc(COc2c(F)cccc2CCN)cs1. The quantitative estimate of drug-likeness (QED) is 0.905. The molecule has 0 aliphatic rings. The molecule has 0 atom stereocenters. The van der Waals surface area contributed by atoms with Crippen molar-refractivity contribution in [1.82, 2.24) is 4.98 Å². The summed E-state index contributed by atoms with van der Waals surface area (Å²) in [5.41, 5.74) is 7.12. The number of thiazole rings is 1. The summed E-state index contributed by atoms with van der Waals surface area (Å²) in [4.78, 5) is 4.28. The molecule has 3 nitrogen and oxygen atoms in total. The van der Waals surface area contributed by atoms with Crippen LogP contribution in [0.25, 0.3) is 0 Å². The number of rotatable bonds is 5. The summed E-state index contributed by atoms with van der Waals surface area (Å²) < 4.78 is 19.2. The van der Waals surface area contributed by atoms with Crippen molar-refractivity contribution in [3.05, 3.63) is 45.7 Å². The molecular formula is C13H15FN2OS. The average Bonchev–Trinajstić information content (AvgIpc) is 2.75. The number of aryl methyl sites for hydroxylation is 1. The summed E-state index contributed by atoms with van der Waals surface area (Å²) >= 11 is 1.55. The van der Waals surface area contributed by atoms with Gasteiger partial charge in [-0.3, -0.25) is 0 Å². The maximum absolute atomic E-state index is 13.7. The van der Waals surface area contributed by atoms with Gasteiger partial charge in [0.25, 0.3) is 0 Å². The van der Waals surface area contributed by atoms with Crippen LogP contribution < -0.4 is 10.5 Å². The number of benzene rings is 1. The molecule has 96 valence electrons. The summed E-state index contributed by atoms with van der Waals surface area (Å²) in [6.45, 7) is 2.68. The molecule has 1 aromatic heterocycles. The van der Waals surface area contributed by atoms with E-state index in [2.05, 4.69) is 4.98 Å². The predicted octanol–water partition coefficient (Wildman–Crippen LogP) is 2.67. The molecule has 0 aliphatic heterocycles. The standard InChI is InChI=1S/C13H15FN2OS/c1-9-16-11(8-18-9)7-17-13-10(5-6-15)3-2-4-12(13)14/h2-4,8H,5-7,15H2,1H3. The van der Waals surface area contributed by atoms with E-state index in [1.807, 2.05) is 18.4 Å². The van der Waals surface area contributed by atoms with Crippen LogP contribution in [0.3, 0.4) is 0 Å². The molecule has 0 saturated heterocycles. The van der Waals surface area contributed by atoms with Gasteiger partial charge in [0, 0.05) is 5.38 Å². The molecule has 2 rings (SSSR count). The lowest BCUT2D eigenvalue weighted by atomic mass is 10.1. The van der Waals surface area contributed by atoms with Gasteiger partial charge in [-0.1, -0.05) is 12.1 Å². The summed E-state index contributed by atoms with van der Waals surface area (Å²) in [5, 5.41) is 2.89. The zero-order valence-corrected chi connectivity index (χ0v) is 11.0. The molecule has 0 radical (unpaired) electrons. The number of nitrogens with two attached hydrogens (primary N) is 1. The summed E-state index contributed by atoms with van der Waals surface area (Å²) in [6, 6.07) is 4.89. The van der Waals surface area contributed by atoms with Crippen LogP contribution in [0.5, 0.6) is 5.75 Å². The third kappa shape index (κ3) is 3.05. The van der Waals surface area contributed by atoms with Gasteiger partial charge in [-0.05, 0) is 31.5 Å². The van der Waals surface area contributed by atoms with E-state index in [0.717, 1.165) is 16.3 Å². The minimum Gasteiger partial charge on any atom is -0.484 e. The number of halogens is 1. The molecule has 0 spiro atoms. The topological polar surface area (TPSA) is 48.1 Å². The predicted molar refractivity (Wildman–Crippen MR) is 70.3 cm³/mol. The first-order valence-electron chi connectivity index (χ1n) is 5.72. The fraction of sp³-hybridized carbons (Fsp3) is 0.308. The Balaban J connectivity index is 2.12. The molecule has 0 aliphatic carbocycles. The molecule has 1 aromatic carbocycles. The van der Waals surface area contributed by atoms with Crippen molar-refractivity contribution < 1.29 is 9.13 Å². The third-order valence-corrected chi connectivity index (χ3v) is 3.32. The molecule has 0 unspecified atom stereocenters. The Morgan fingerprint density at radius 3 is 2.94 bits per heavy atom. The highest BCUT2D eigenvalue weighted by atomic mass is 32.1. The van der Waals surface area contributed by atoms with E-state index in [0.29, 0.717) is 13.0 Å². The molecule has 5 heteroatoms. The van der Waals surface area contributed by atoms with Gasteiger partial charge in [-0.2, -0.15) is 0 Å². The zero-order chi connectivity index (χ0) is 13.0. The van der Waals surface area contributed by atoms with E-state index in [-0.39, 0.29) is 18.2 Å². The lowest BCUT2D eigenvalue weighted by Crippen LogP contribution is -2.07. The van der Waals surface area contributed by atoms with Gasteiger partial charge in [0.15, 0.2) is 11.6 Å². The van der Waals surface area contributed by atoms with Crippen LogP contribution in [0.2, 0.25) is 0 Å². The summed E-state index contributed by atoms with van der Waals surface area (Å²) in [6.07, 6.45) is 0.600. The van der Waals surface area contributed by atoms with Gasteiger partial charge in [0.2, 0.25) is 0 Å². The number of hydrogen-bond donors (Lipinski definition) is 1. The number of para-hydroxylation sites is 1. The number of ether oxygens (including phenoxy) is 1. The fourth-order valence-electron chi connectivity index (χ4n) is 1.69. The van der Waals surface area contributed by atoms with Gasteiger partial charge in [-0.25, -0.2) is 9.37 Å². The summed E-state index contributed by atoms with van der Waals surface area (Å²) in [5.74, 6) is -0.0681. The monoisotopic (exact) mass is 266 g/mol. The molecular weight excluding hydrogens is 251 g/mol. The van der Waals surface area contributed by atoms with Crippen LogP contribution in [-0.2, 0) is 13.0 Å². The minimum atomic E-state index is -0.354. The van der Waals surface area contributed by atoms with Gasteiger partial charge in [0.05, 0.1) is 10.7 Å². The lowest BCUT2D eigenvalue weighted by molar-refractivity contribution is 0.283. The van der Waals surface area contributed by atoms with Crippen molar-refractivity contribution in [2.45, 2.75) is 20.0 Å². The maximum atomic E-state index is 13.7.